The van der Waals surface area contributed by atoms with Gasteiger partial charge >= 0.3 is 0 Å². The van der Waals surface area contributed by atoms with E-state index in [1.807, 2.05) is 0 Å². The van der Waals surface area contributed by atoms with Crippen molar-refractivity contribution in [3.8, 4) is 0 Å². The molecule has 0 aliphatic carbocycles. The van der Waals surface area contributed by atoms with Crippen LogP contribution in [-0.2, 0) is 9.53 Å². The van der Waals surface area contributed by atoms with E-state index in [0.29, 0.717) is 16.3 Å². The summed E-state index contributed by atoms with van der Waals surface area (Å²) in [5, 5.41) is 5.58. The predicted octanol–water partition coefficient (Wildman–Crippen LogP) is 1.59. The standard InChI is InChI=1S/C12H15ClN2O3/c1-7-4-8(12(17)14-2)10(5-9(7)13)15-11(16)6-18-3/h4-5H,6H2,1-3H3,(H,14,17)(H,15,16). The Bertz CT molecular complexity index is 475. The first kappa shape index (κ1) is 14.5. The number of rotatable bonds is 4. The summed E-state index contributed by atoms with van der Waals surface area (Å²) in [7, 11) is 2.94. The van der Waals surface area contributed by atoms with Crippen molar-refractivity contribution in [1.29, 1.82) is 0 Å². The van der Waals surface area contributed by atoms with Gasteiger partial charge in [-0.05, 0) is 24.6 Å². The molecule has 5 nitrogen and oxygen atoms in total. The zero-order chi connectivity index (χ0) is 13.7. The molecule has 0 radical (unpaired) electrons. The van der Waals surface area contributed by atoms with E-state index in [9.17, 15) is 9.59 Å². The fourth-order valence-corrected chi connectivity index (χ4v) is 1.59. The van der Waals surface area contributed by atoms with Gasteiger partial charge in [-0.25, -0.2) is 0 Å². The second kappa shape index (κ2) is 6.37. The van der Waals surface area contributed by atoms with E-state index in [1.54, 1.807) is 19.1 Å². The molecular formula is C12H15ClN2O3. The molecule has 0 spiro atoms. The van der Waals surface area contributed by atoms with Crippen LogP contribution in [0, 0.1) is 6.92 Å². The van der Waals surface area contributed by atoms with Crippen molar-refractivity contribution < 1.29 is 14.3 Å². The van der Waals surface area contributed by atoms with E-state index in [1.165, 1.54) is 14.2 Å². The Morgan fingerprint density at radius 2 is 2.06 bits per heavy atom. The number of methoxy groups -OCH3 is 1. The first-order chi connectivity index (χ1) is 8.49. The minimum absolute atomic E-state index is 0.0846. The summed E-state index contributed by atoms with van der Waals surface area (Å²) >= 11 is 5.98. The Morgan fingerprint density at radius 1 is 1.39 bits per heavy atom. The molecule has 0 unspecified atom stereocenters. The Labute approximate surface area is 110 Å². The number of anilines is 1. The Hall–Kier alpha value is -1.59. The van der Waals surface area contributed by atoms with Gasteiger partial charge in [-0.3, -0.25) is 9.59 Å². The molecule has 0 heterocycles. The second-order valence-corrected chi connectivity index (χ2v) is 4.11. The van der Waals surface area contributed by atoms with Crippen LogP contribution in [0.25, 0.3) is 0 Å². The summed E-state index contributed by atoms with van der Waals surface area (Å²) < 4.78 is 4.71. The van der Waals surface area contributed by atoms with E-state index in [-0.39, 0.29) is 18.4 Å². The molecule has 0 fully saturated rings. The third kappa shape index (κ3) is 3.45. The van der Waals surface area contributed by atoms with Crippen LogP contribution in [0.15, 0.2) is 12.1 Å². The number of hydrogen-bond acceptors (Lipinski definition) is 3. The Morgan fingerprint density at radius 3 is 2.61 bits per heavy atom. The van der Waals surface area contributed by atoms with Gasteiger partial charge in [0.2, 0.25) is 5.91 Å². The van der Waals surface area contributed by atoms with Crippen molar-refractivity contribution in [1.82, 2.24) is 5.32 Å². The van der Waals surface area contributed by atoms with Crippen LogP contribution >= 0.6 is 11.6 Å². The molecule has 0 aliphatic rings. The number of benzene rings is 1. The number of halogens is 1. The van der Waals surface area contributed by atoms with Gasteiger partial charge < -0.3 is 15.4 Å². The van der Waals surface area contributed by atoms with E-state index in [4.69, 9.17) is 16.3 Å². The van der Waals surface area contributed by atoms with Gasteiger partial charge in [-0.2, -0.15) is 0 Å². The van der Waals surface area contributed by atoms with E-state index >= 15 is 0 Å². The maximum absolute atomic E-state index is 11.7. The van der Waals surface area contributed by atoms with E-state index in [0.717, 1.165) is 5.56 Å². The zero-order valence-corrected chi connectivity index (χ0v) is 11.2. The van der Waals surface area contributed by atoms with Crippen molar-refractivity contribution in [2.75, 3.05) is 26.1 Å². The van der Waals surface area contributed by atoms with Crippen LogP contribution in [0.5, 0.6) is 0 Å². The van der Waals surface area contributed by atoms with Crippen LogP contribution in [0.3, 0.4) is 0 Å². The van der Waals surface area contributed by atoms with Crippen molar-refractivity contribution in [3.63, 3.8) is 0 Å². The lowest BCUT2D eigenvalue weighted by molar-refractivity contribution is -0.119. The molecule has 2 amide bonds. The minimum Gasteiger partial charge on any atom is -0.375 e. The van der Waals surface area contributed by atoms with Crippen LogP contribution in [0.1, 0.15) is 15.9 Å². The van der Waals surface area contributed by atoms with Gasteiger partial charge in [0.05, 0.1) is 11.3 Å². The number of nitrogens with one attached hydrogen (secondary N) is 2. The molecule has 0 aromatic heterocycles. The molecule has 1 rings (SSSR count). The summed E-state index contributed by atoms with van der Waals surface area (Å²) in [5.41, 5.74) is 1.50. The summed E-state index contributed by atoms with van der Waals surface area (Å²) in [5.74, 6) is -0.634. The predicted molar refractivity (Wildman–Crippen MR) is 70.1 cm³/mol. The number of carbonyl (C=O) groups excluding carboxylic acids is 2. The van der Waals surface area contributed by atoms with Crippen LogP contribution < -0.4 is 10.6 Å². The van der Waals surface area contributed by atoms with Crippen molar-refractivity contribution in [3.05, 3.63) is 28.3 Å². The SMILES string of the molecule is CNC(=O)c1cc(C)c(Cl)cc1NC(=O)COC. The first-order valence-corrected chi connectivity index (χ1v) is 5.68. The van der Waals surface area contributed by atoms with Crippen molar-refractivity contribution in [2.45, 2.75) is 6.92 Å². The number of hydrogen-bond donors (Lipinski definition) is 2. The van der Waals surface area contributed by atoms with Gasteiger partial charge in [0.15, 0.2) is 0 Å². The van der Waals surface area contributed by atoms with Crippen molar-refractivity contribution >= 4 is 29.1 Å². The van der Waals surface area contributed by atoms with Crippen molar-refractivity contribution in [2.24, 2.45) is 0 Å². The van der Waals surface area contributed by atoms with Gasteiger partial charge in [0, 0.05) is 19.2 Å². The highest BCUT2D eigenvalue weighted by Crippen LogP contribution is 2.25. The topological polar surface area (TPSA) is 67.4 Å². The van der Waals surface area contributed by atoms with E-state index < -0.39 is 0 Å². The molecule has 2 N–H and O–H groups in total. The summed E-state index contributed by atoms with van der Waals surface area (Å²) in [4.78, 5) is 23.2. The highest BCUT2D eigenvalue weighted by Gasteiger charge is 2.14. The Balaban J connectivity index is 3.11. The normalized spacial score (nSPS) is 10.0. The molecule has 98 valence electrons. The fraction of sp³-hybridized carbons (Fsp3) is 0.333. The maximum Gasteiger partial charge on any atom is 0.253 e. The fourth-order valence-electron chi connectivity index (χ4n) is 1.42. The lowest BCUT2D eigenvalue weighted by atomic mass is 10.1. The first-order valence-electron chi connectivity index (χ1n) is 5.30. The quantitative estimate of drug-likeness (QED) is 0.873. The second-order valence-electron chi connectivity index (χ2n) is 3.71. The number of aryl methyl sites for hydroxylation is 1. The average molecular weight is 271 g/mol. The smallest absolute Gasteiger partial charge is 0.253 e. The average Bonchev–Trinajstić information content (AvgIpc) is 2.32. The van der Waals surface area contributed by atoms with Crippen LogP contribution in [0.2, 0.25) is 5.02 Å². The molecule has 0 saturated carbocycles. The monoisotopic (exact) mass is 270 g/mol. The summed E-state index contributed by atoms with van der Waals surface area (Å²) in [6.45, 7) is 1.70. The highest BCUT2D eigenvalue weighted by atomic mass is 35.5. The third-order valence-corrected chi connectivity index (χ3v) is 2.73. The molecular weight excluding hydrogens is 256 g/mol. The van der Waals surface area contributed by atoms with Gasteiger partial charge in [-0.1, -0.05) is 11.6 Å². The number of carbonyl (C=O) groups is 2. The number of amides is 2. The van der Waals surface area contributed by atoms with Crippen LogP contribution in [-0.4, -0.2) is 32.6 Å². The molecule has 1 aromatic carbocycles. The molecule has 0 saturated heterocycles. The molecule has 18 heavy (non-hydrogen) atoms. The molecule has 1 aromatic rings. The Kier molecular flexibility index (Phi) is 5.12. The van der Waals surface area contributed by atoms with E-state index in [2.05, 4.69) is 10.6 Å². The molecule has 6 heteroatoms. The van der Waals surface area contributed by atoms with Crippen LogP contribution in [0.4, 0.5) is 5.69 Å². The molecule has 0 bridgehead atoms. The molecule has 0 aliphatic heterocycles. The lowest BCUT2D eigenvalue weighted by Crippen LogP contribution is -2.23. The number of ether oxygens (including phenoxy) is 1. The summed E-state index contributed by atoms with van der Waals surface area (Å²) in [6, 6.07) is 3.18. The summed E-state index contributed by atoms with van der Waals surface area (Å²) in [6.07, 6.45) is 0. The van der Waals surface area contributed by atoms with Gasteiger partial charge in [0.25, 0.3) is 5.91 Å². The van der Waals surface area contributed by atoms with Gasteiger partial charge in [0.1, 0.15) is 6.61 Å². The maximum atomic E-state index is 11.7. The highest BCUT2D eigenvalue weighted by molar-refractivity contribution is 6.32. The minimum atomic E-state index is -0.345. The lowest BCUT2D eigenvalue weighted by Gasteiger charge is -2.12. The zero-order valence-electron chi connectivity index (χ0n) is 10.5. The third-order valence-electron chi connectivity index (χ3n) is 2.32. The van der Waals surface area contributed by atoms with Gasteiger partial charge in [-0.15, -0.1) is 0 Å². The largest absolute Gasteiger partial charge is 0.375 e. The molecule has 0 atom stereocenters.